The number of nitriles is 1. The van der Waals surface area contributed by atoms with Crippen molar-refractivity contribution in [2.45, 2.75) is 39.8 Å². The summed E-state index contributed by atoms with van der Waals surface area (Å²) in [6.07, 6.45) is 1.25. The molecule has 0 aliphatic carbocycles. The van der Waals surface area contributed by atoms with E-state index in [1.165, 1.54) is 4.57 Å². The fraction of sp³-hybridized carbons (Fsp3) is 0.429. The lowest BCUT2D eigenvalue weighted by molar-refractivity contribution is -0.121. The first-order chi connectivity index (χ1) is 14.0. The molecule has 1 aromatic carbocycles. The normalized spacial score (nSPS) is 12.3. The molecule has 1 aromatic heterocycles. The molecule has 1 N–H and O–H groups in total. The number of carbonyl (C=O) groups excluding carboxylic acids is 1. The second kappa shape index (κ2) is 8.78. The second-order valence-electron chi connectivity index (χ2n) is 7.13. The number of anilines is 1. The summed E-state index contributed by atoms with van der Waals surface area (Å²) < 4.78 is 2.30. The minimum Gasteiger partial charge on any atom is -0.370 e. The maximum absolute atomic E-state index is 12.6. The quantitative estimate of drug-likeness (QED) is 0.747. The Morgan fingerprint density at radius 3 is 2.83 bits per heavy atom. The van der Waals surface area contributed by atoms with Crippen molar-refractivity contribution in [3.63, 3.8) is 0 Å². The number of aromatic nitrogens is 2. The highest BCUT2D eigenvalue weighted by atomic mass is 16.2. The smallest absolute Gasteiger partial charge is 0.331 e. The minimum atomic E-state index is -0.684. The van der Waals surface area contributed by atoms with Crippen LogP contribution in [-0.2, 0) is 24.3 Å². The van der Waals surface area contributed by atoms with Crippen LogP contribution in [0.2, 0.25) is 0 Å². The number of aryl methyl sites for hydroxylation is 1. The fourth-order valence-corrected chi connectivity index (χ4v) is 3.71. The van der Waals surface area contributed by atoms with E-state index in [4.69, 9.17) is 0 Å². The van der Waals surface area contributed by atoms with E-state index in [1.54, 1.807) is 0 Å². The van der Waals surface area contributed by atoms with Crippen LogP contribution < -0.4 is 21.5 Å². The number of nitrogens with one attached hydrogen (secondary N) is 1. The van der Waals surface area contributed by atoms with Crippen LogP contribution in [0.4, 0.5) is 5.69 Å². The summed E-state index contributed by atoms with van der Waals surface area (Å²) in [5.74, 6) is -0.424. The molecule has 1 aliphatic heterocycles. The molecular formula is C21H25N5O3. The van der Waals surface area contributed by atoms with E-state index in [-0.39, 0.29) is 12.1 Å². The third-order valence-corrected chi connectivity index (χ3v) is 5.20. The van der Waals surface area contributed by atoms with Gasteiger partial charge in [-0.15, -0.1) is 0 Å². The Hall–Kier alpha value is -3.34. The van der Waals surface area contributed by atoms with Gasteiger partial charge in [-0.2, -0.15) is 5.26 Å². The minimum absolute atomic E-state index is 0.0356. The summed E-state index contributed by atoms with van der Waals surface area (Å²) in [5.41, 5.74) is 1.48. The maximum atomic E-state index is 12.6. The molecular weight excluding hydrogens is 370 g/mol. The number of hydrogen-bond acceptors (Lipinski definition) is 5. The predicted octanol–water partition coefficient (Wildman–Crippen LogP) is 0.779. The van der Waals surface area contributed by atoms with E-state index in [0.717, 1.165) is 22.4 Å². The fourth-order valence-electron chi connectivity index (χ4n) is 3.71. The number of amides is 1. The number of hydrogen-bond donors (Lipinski definition) is 1. The topological polar surface area (TPSA) is 100 Å². The molecule has 2 aromatic rings. The van der Waals surface area contributed by atoms with Gasteiger partial charge < -0.3 is 10.2 Å². The number of benzene rings is 1. The molecule has 29 heavy (non-hydrogen) atoms. The van der Waals surface area contributed by atoms with Crippen molar-refractivity contribution in [2.75, 3.05) is 24.5 Å². The standard InChI is InChI=1S/C21H25N5O3/c1-3-24(16-7-4-6-15(2)12-16)11-9-23-19(27)14-26-20(28)17(13-22)18-8-5-10-25(18)21(26)29/h4,6-7,12H,3,5,8-11,14H2,1-2H3,(H,23,27). The average Bonchev–Trinajstić information content (AvgIpc) is 3.18. The Balaban J connectivity index is 1.67. The summed E-state index contributed by atoms with van der Waals surface area (Å²) in [4.78, 5) is 39.6. The highest BCUT2D eigenvalue weighted by Gasteiger charge is 2.23. The van der Waals surface area contributed by atoms with Crippen molar-refractivity contribution in [1.82, 2.24) is 14.5 Å². The van der Waals surface area contributed by atoms with E-state index in [9.17, 15) is 19.6 Å². The van der Waals surface area contributed by atoms with Gasteiger partial charge in [-0.1, -0.05) is 12.1 Å². The molecule has 1 amide bonds. The van der Waals surface area contributed by atoms with Crippen molar-refractivity contribution in [1.29, 1.82) is 5.26 Å². The molecule has 0 fully saturated rings. The zero-order valence-electron chi connectivity index (χ0n) is 16.8. The lowest BCUT2D eigenvalue weighted by atomic mass is 10.2. The zero-order chi connectivity index (χ0) is 21.0. The van der Waals surface area contributed by atoms with Crippen molar-refractivity contribution >= 4 is 11.6 Å². The molecule has 0 atom stereocenters. The molecule has 0 saturated heterocycles. The highest BCUT2D eigenvalue weighted by molar-refractivity contribution is 5.75. The van der Waals surface area contributed by atoms with Crippen LogP contribution >= 0.6 is 0 Å². The molecule has 3 rings (SSSR count). The lowest BCUT2D eigenvalue weighted by Gasteiger charge is -2.23. The van der Waals surface area contributed by atoms with Crippen LogP contribution in [-0.4, -0.2) is 34.7 Å². The van der Waals surface area contributed by atoms with Gasteiger partial charge in [0.25, 0.3) is 5.56 Å². The Bertz CT molecular complexity index is 1080. The number of nitrogens with zero attached hydrogens (tertiary/aromatic N) is 4. The third kappa shape index (κ3) is 4.24. The molecule has 0 spiro atoms. The number of fused-ring (bicyclic) bond motifs is 1. The summed E-state index contributed by atoms with van der Waals surface area (Å²) in [7, 11) is 0. The zero-order valence-corrected chi connectivity index (χ0v) is 16.8. The van der Waals surface area contributed by atoms with Crippen LogP contribution in [0.5, 0.6) is 0 Å². The summed E-state index contributed by atoms with van der Waals surface area (Å²) >= 11 is 0. The first-order valence-electron chi connectivity index (χ1n) is 9.81. The van der Waals surface area contributed by atoms with Gasteiger partial charge in [-0.05, 0) is 44.4 Å². The molecule has 0 bridgehead atoms. The van der Waals surface area contributed by atoms with Gasteiger partial charge in [0.1, 0.15) is 18.2 Å². The van der Waals surface area contributed by atoms with E-state index >= 15 is 0 Å². The Labute approximate surface area is 169 Å². The monoisotopic (exact) mass is 395 g/mol. The van der Waals surface area contributed by atoms with Crippen molar-refractivity contribution in [2.24, 2.45) is 0 Å². The Morgan fingerprint density at radius 1 is 1.34 bits per heavy atom. The SMILES string of the molecule is CCN(CCNC(=O)Cn1c(=O)c(C#N)c2n(c1=O)CCC2)c1cccc(C)c1. The van der Waals surface area contributed by atoms with Crippen LogP contribution in [0, 0.1) is 18.3 Å². The average molecular weight is 395 g/mol. The summed E-state index contributed by atoms with van der Waals surface area (Å²) in [5, 5.41) is 12.1. The van der Waals surface area contributed by atoms with E-state index in [1.807, 2.05) is 38.1 Å². The first kappa shape index (κ1) is 20.4. The maximum Gasteiger partial charge on any atom is 0.331 e. The predicted molar refractivity (Wildman–Crippen MR) is 110 cm³/mol. The van der Waals surface area contributed by atoms with E-state index in [0.29, 0.717) is 38.2 Å². The van der Waals surface area contributed by atoms with Gasteiger partial charge >= 0.3 is 5.69 Å². The molecule has 0 saturated carbocycles. The molecule has 0 unspecified atom stereocenters. The summed E-state index contributed by atoms with van der Waals surface area (Å²) in [6.45, 7) is 5.92. The van der Waals surface area contributed by atoms with Gasteiger partial charge in [0.05, 0.1) is 0 Å². The van der Waals surface area contributed by atoms with Crippen LogP contribution in [0.15, 0.2) is 33.9 Å². The van der Waals surface area contributed by atoms with Crippen molar-refractivity contribution < 1.29 is 4.79 Å². The van der Waals surface area contributed by atoms with Crippen LogP contribution in [0.25, 0.3) is 0 Å². The number of rotatable bonds is 7. The van der Waals surface area contributed by atoms with Gasteiger partial charge in [0, 0.05) is 37.6 Å². The van der Waals surface area contributed by atoms with Gasteiger partial charge in [0.2, 0.25) is 5.91 Å². The van der Waals surface area contributed by atoms with Gasteiger partial charge in [-0.25, -0.2) is 9.36 Å². The highest BCUT2D eigenvalue weighted by Crippen LogP contribution is 2.15. The van der Waals surface area contributed by atoms with Crippen LogP contribution in [0.1, 0.15) is 30.2 Å². The number of carbonyl (C=O) groups is 1. The Kier molecular flexibility index (Phi) is 6.17. The molecule has 152 valence electrons. The van der Waals surface area contributed by atoms with E-state index in [2.05, 4.69) is 16.3 Å². The van der Waals surface area contributed by atoms with Crippen molar-refractivity contribution in [3.05, 3.63) is 61.9 Å². The second-order valence-corrected chi connectivity index (χ2v) is 7.13. The molecule has 8 nitrogen and oxygen atoms in total. The number of likely N-dealkylation sites (N-methyl/N-ethyl adjacent to an activating group) is 1. The molecule has 0 radical (unpaired) electrons. The molecule has 2 heterocycles. The first-order valence-corrected chi connectivity index (χ1v) is 9.81. The molecule has 8 heteroatoms. The van der Waals surface area contributed by atoms with Gasteiger partial charge in [0.15, 0.2) is 0 Å². The molecule has 1 aliphatic rings. The summed E-state index contributed by atoms with van der Waals surface area (Å²) in [6, 6.07) is 10.0. The van der Waals surface area contributed by atoms with Crippen LogP contribution in [0.3, 0.4) is 0 Å². The van der Waals surface area contributed by atoms with E-state index < -0.39 is 17.2 Å². The third-order valence-electron chi connectivity index (χ3n) is 5.20. The van der Waals surface area contributed by atoms with Gasteiger partial charge in [-0.3, -0.25) is 14.2 Å². The van der Waals surface area contributed by atoms with Crippen molar-refractivity contribution in [3.8, 4) is 6.07 Å². The Morgan fingerprint density at radius 2 is 2.14 bits per heavy atom. The lowest BCUT2D eigenvalue weighted by Crippen LogP contribution is -2.46. The largest absolute Gasteiger partial charge is 0.370 e.